The molecule has 1 aliphatic carbocycles. The second kappa shape index (κ2) is 2.85. The van der Waals surface area contributed by atoms with Gasteiger partial charge in [-0.2, -0.15) is 5.26 Å². The topological polar surface area (TPSA) is 23.8 Å². The number of hydrogen-bond donors (Lipinski definition) is 1. The van der Waals surface area contributed by atoms with E-state index in [-0.39, 0.29) is 5.41 Å². The lowest BCUT2D eigenvalue weighted by Gasteiger charge is -1.99. The first kappa shape index (κ1) is 7.30. The van der Waals surface area contributed by atoms with Crippen molar-refractivity contribution in [3.63, 3.8) is 0 Å². The lowest BCUT2D eigenvalue weighted by Crippen LogP contribution is -1.95. The van der Waals surface area contributed by atoms with Crippen molar-refractivity contribution in [3.8, 4) is 6.07 Å². The lowest BCUT2D eigenvalue weighted by atomic mass is 10.1. The molecule has 0 saturated heterocycles. The van der Waals surface area contributed by atoms with Gasteiger partial charge in [-0.1, -0.05) is 10.8 Å². The Morgan fingerprint density at radius 1 is 1.67 bits per heavy atom. The maximum atomic E-state index is 8.60. The Bertz CT molecular complexity index is 134. The van der Waals surface area contributed by atoms with Crippen molar-refractivity contribution in [3.05, 3.63) is 0 Å². The highest BCUT2D eigenvalue weighted by Crippen LogP contribution is 2.48. The van der Waals surface area contributed by atoms with Gasteiger partial charge in [-0.25, -0.2) is 0 Å². The number of rotatable bonds is 3. The van der Waals surface area contributed by atoms with Gasteiger partial charge in [-0.15, -0.1) is 11.7 Å². The van der Waals surface area contributed by atoms with Crippen LogP contribution in [0, 0.1) is 16.7 Å². The van der Waals surface area contributed by atoms with Crippen LogP contribution in [0.25, 0.3) is 0 Å². The van der Waals surface area contributed by atoms with Crippen molar-refractivity contribution in [1.82, 2.24) is 0 Å². The monoisotopic (exact) mass is 159 g/mol. The fourth-order valence-corrected chi connectivity index (χ4v) is 1.57. The van der Waals surface area contributed by atoms with Gasteiger partial charge in [0.05, 0.1) is 11.5 Å². The SMILES string of the molecule is N#CC1(CCSS)CC1. The van der Waals surface area contributed by atoms with Gasteiger partial charge in [0, 0.05) is 5.75 Å². The summed E-state index contributed by atoms with van der Waals surface area (Å²) < 4.78 is 0. The average Bonchev–Trinajstić information content (AvgIpc) is 2.65. The van der Waals surface area contributed by atoms with Gasteiger partial charge < -0.3 is 0 Å². The zero-order valence-electron chi connectivity index (χ0n) is 5.13. The van der Waals surface area contributed by atoms with Crippen LogP contribution < -0.4 is 0 Å². The molecule has 0 aromatic carbocycles. The van der Waals surface area contributed by atoms with Gasteiger partial charge in [0.25, 0.3) is 0 Å². The van der Waals surface area contributed by atoms with E-state index in [1.54, 1.807) is 0 Å². The highest BCUT2D eigenvalue weighted by Gasteiger charge is 2.42. The molecular formula is C6H9NS2. The van der Waals surface area contributed by atoms with Crippen LogP contribution in [0.5, 0.6) is 0 Å². The maximum Gasteiger partial charge on any atom is 0.0690 e. The summed E-state index contributed by atoms with van der Waals surface area (Å²) in [5.74, 6) is 1.01. The standard InChI is InChI=1S/C6H9NS2/c7-5-6(1-2-6)3-4-9-8/h8H,1-4H2. The average molecular weight is 159 g/mol. The highest BCUT2D eigenvalue weighted by molar-refractivity contribution is 8.68. The molecular weight excluding hydrogens is 150 g/mol. The molecule has 0 aliphatic heterocycles. The van der Waals surface area contributed by atoms with Gasteiger partial charge in [-0.3, -0.25) is 0 Å². The molecule has 0 radical (unpaired) electrons. The Morgan fingerprint density at radius 3 is 2.67 bits per heavy atom. The minimum absolute atomic E-state index is 0.0791. The summed E-state index contributed by atoms with van der Waals surface area (Å²) in [6.07, 6.45) is 3.24. The molecule has 1 aliphatic rings. The molecule has 1 rings (SSSR count). The molecule has 0 unspecified atom stereocenters. The Labute approximate surface area is 64.6 Å². The first-order valence-corrected chi connectivity index (χ1v) is 5.04. The third-order valence-corrected chi connectivity index (χ3v) is 2.70. The summed E-state index contributed by atoms with van der Waals surface area (Å²) >= 11 is 4.01. The Hall–Kier alpha value is 0.190. The van der Waals surface area contributed by atoms with Crippen LogP contribution in [0.2, 0.25) is 0 Å². The molecule has 1 nitrogen and oxygen atoms in total. The van der Waals surface area contributed by atoms with E-state index >= 15 is 0 Å². The lowest BCUT2D eigenvalue weighted by molar-refractivity contribution is 0.649. The van der Waals surface area contributed by atoms with Crippen molar-refractivity contribution < 1.29 is 0 Å². The van der Waals surface area contributed by atoms with E-state index < -0.39 is 0 Å². The molecule has 3 heteroatoms. The Morgan fingerprint density at radius 2 is 2.33 bits per heavy atom. The van der Waals surface area contributed by atoms with Crippen LogP contribution in [0.4, 0.5) is 0 Å². The van der Waals surface area contributed by atoms with Gasteiger partial charge in [0.2, 0.25) is 0 Å². The molecule has 50 valence electrons. The molecule has 0 spiro atoms. The molecule has 9 heavy (non-hydrogen) atoms. The second-order valence-electron chi connectivity index (χ2n) is 2.48. The normalized spacial score (nSPS) is 20.9. The predicted molar refractivity (Wildman–Crippen MR) is 43.3 cm³/mol. The smallest absolute Gasteiger partial charge is 0.0690 e. The number of thiol groups is 1. The van der Waals surface area contributed by atoms with Gasteiger partial charge >= 0.3 is 0 Å². The molecule has 0 aromatic heterocycles. The van der Waals surface area contributed by atoms with E-state index in [2.05, 4.69) is 17.7 Å². The summed E-state index contributed by atoms with van der Waals surface area (Å²) in [6.45, 7) is 0. The van der Waals surface area contributed by atoms with Gasteiger partial charge in [0.15, 0.2) is 0 Å². The minimum atomic E-state index is 0.0791. The van der Waals surface area contributed by atoms with E-state index in [0.29, 0.717) is 0 Å². The zero-order valence-corrected chi connectivity index (χ0v) is 6.84. The summed E-state index contributed by atoms with van der Waals surface area (Å²) in [4.78, 5) is 0. The molecule has 0 N–H and O–H groups in total. The van der Waals surface area contributed by atoms with E-state index in [1.165, 1.54) is 10.8 Å². The summed E-state index contributed by atoms with van der Waals surface area (Å²) in [5, 5.41) is 8.60. The first-order chi connectivity index (χ1) is 4.33. The number of nitrogens with zero attached hydrogens (tertiary/aromatic N) is 1. The molecule has 0 amide bonds. The number of nitriles is 1. The van der Waals surface area contributed by atoms with E-state index in [9.17, 15) is 0 Å². The van der Waals surface area contributed by atoms with E-state index in [4.69, 9.17) is 5.26 Å². The quantitative estimate of drug-likeness (QED) is 0.504. The largest absolute Gasteiger partial charge is 0.198 e. The van der Waals surface area contributed by atoms with Crippen LogP contribution in [0.15, 0.2) is 0 Å². The van der Waals surface area contributed by atoms with Crippen LogP contribution >= 0.6 is 22.5 Å². The van der Waals surface area contributed by atoms with Gasteiger partial charge in [-0.05, 0) is 19.3 Å². The summed E-state index contributed by atoms with van der Waals surface area (Å²) in [7, 11) is 1.53. The van der Waals surface area contributed by atoms with Crippen LogP contribution in [0.1, 0.15) is 19.3 Å². The summed E-state index contributed by atoms with van der Waals surface area (Å²) in [5.41, 5.74) is 0.0791. The van der Waals surface area contributed by atoms with Crippen LogP contribution in [0.3, 0.4) is 0 Å². The fraction of sp³-hybridized carbons (Fsp3) is 0.833. The third kappa shape index (κ3) is 1.80. The molecule has 0 atom stereocenters. The van der Waals surface area contributed by atoms with E-state index in [0.717, 1.165) is 25.0 Å². The fourth-order valence-electron chi connectivity index (χ4n) is 0.810. The minimum Gasteiger partial charge on any atom is -0.198 e. The molecule has 0 aromatic rings. The van der Waals surface area contributed by atoms with E-state index in [1.807, 2.05) is 0 Å². The molecule has 1 saturated carbocycles. The third-order valence-electron chi connectivity index (χ3n) is 1.76. The van der Waals surface area contributed by atoms with Gasteiger partial charge in [0.1, 0.15) is 0 Å². The number of hydrogen-bond acceptors (Lipinski definition) is 3. The summed E-state index contributed by atoms with van der Waals surface area (Å²) in [6, 6.07) is 2.34. The van der Waals surface area contributed by atoms with Crippen molar-refractivity contribution in [1.29, 1.82) is 5.26 Å². The molecule has 1 fully saturated rings. The van der Waals surface area contributed by atoms with Crippen molar-refractivity contribution >= 4 is 22.5 Å². The van der Waals surface area contributed by atoms with Crippen LogP contribution in [-0.2, 0) is 0 Å². The Kier molecular flexibility index (Phi) is 2.31. The van der Waals surface area contributed by atoms with Crippen molar-refractivity contribution in [2.24, 2.45) is 5.41 Å². The van der Waals surface area contributed by atoms with Crippen LogP contribution in [-0.4, -0.2) is 5.75 Å². The van der Waals surface area contributed by atoms with Crippen molar-refractivity contribution in [2.45, 2.75) is 19.3 Å². The zero-order chi connectivity index (χ0) is 6.74. The maximum absolute atomic E-state index is 8.60. The second-order valence-corrected chi connectivity index (χ2v) is 3.92. The Balaban J connectivity index is 2.20. The molecule has 0 bridgehead atoms. The predicted octanol–water partition coefficient (Wildman–Crippen LogP) is 2.26. The molecule has 0 heterocycles. The highest BCUT2D eigenvalue weighted by atomic mass is 33.1. The van der Waals surface area contributed by atoms with Crippen molar-refractivity contribution in [2.75, 3.05) is 5.75 Å². The first-order valence-electron chi connectivity index (χ1n) is 3.01.